The summed E-state index contributed by atoms with van der Waals surface area (Å²) < 4.78 is 0. The minimum Gasteiger partial charge on any atom is -0.382 e. The van der Waals surface area contributed by atoms with Gasteiger partial charge >= 0.3 is 0 Å². The first-order valence-electron chi connectivity index (χ1n) is 5.99. The first-order chi connectivity index (χ1) is 9.66. The van der Waals surface area contributed by atoms with E-state index in [4.69, 9.17) is 11.5 Å². The van der Waals surface area contributed by atoms with Crippen LogP contribution >= 0.6 is 0 Å². The summed E-state index contributed by atoms with van der Waals surface area (Å²) in [5, 5.41) is 11.4. The molecule has 3 rings (SSSR count). The van der Waals surface area contributed by atoms with Crippen molar-refractivity contribution in [3.05, 3.63) is 47.5 Å². The third-order valence-electron chi connectivity index (χ3n) is 3.08. The molecule has 0 saturated carbocycles. The molecule has 100 valence electrons. The predicted octanol–water partition coefficient (Wildman–Crippen LogP) is -0.294. The van der Waals surface area contributed by atoms with Crippen molar-refractivity contribution in [1.82, 2.24) is 5.43 Å². The second-order valence-corrected chi connectivity index (χ2v) is 4.37. The van der Waals surface area contributed by atoms with Crippen LogP contribution in [-0.2, 0) is 4.79 Å². The zero-order valence-corrected chi connectivity index (χ0v) is 10.4. The van der Waals surface area contributed by atoms with Crippen molar-refractivity contribution in [1.29, 1.82) is 0 Å². The molecule has 0 aromatic heterocycles. The maximum absolute atomic E-state index is 11.9. The first-order valence-corrected chi connectivity index (χ1v) is 5.99. The predicted molar refractivity (Wildman–Crippen MR) is 75.9 cm³/mol. The van der Waals surface area contributed by atoms with Crippen LogP contribution in [0.3, 0.4) is 0 Å². The normalized spacial score (nSPS) is 21.2. The maximum Gasteiger partial charge on any atom is 0.253 e. The number of benzene rings is 1. The lowest BCUT2D eigenvalue weighted by Gasteiger charge is -2.07. The fraction of sp³-hybridized carbons (Fsp3) is 0.0769. The Kier molecular flexibility index (Phi) is 2.79. The summed E-state index contributed by atoms with van der Waals surface area (Å²) in [6, 6.07) is 9.43. The van der Waals surface area contributed by atoms with Gasteiger partial charge in [0.1, 0.15) is 5.92 Å². The average Bonchev–Trinajstić information content (AvgIpc) is 2.98. The van der Waals surface area contributed by atoms with Gasteiger partial charge < -0.3 is 11.5 Å². The second kappa shape index (κ2) is 4.61. The van der Waals surface area contributed by atoms with Gasteiger partial charge in [0.25, 0.3) is 5.91 Å². The van der Waals surface area contributed by atoms with Crippen molar-refractivity contribution in [2.45, 2.75) is 0 Å². The minimum atomic E-state index is -0.562. The Balaban J connectivity index is 1.98. The number of carbonyl (C=O) groups excluding carboxylic acids is 1. The van der Waals surface area contributed by atoms with Crippen LogP contribution in [0.25, 0.3) is 0 Å². The van der Waals surface area contributed by atoms with E-state index < -0.39 is 5.92 Å². The standard InChI is InChI=1S/C13H12N6O/c14-11-9(12(15)18-17-11)6-8-10(16-19-13(8)20)7-4-2-1-3-5-7/h1-6,8H,(H2,14,17)(H2,15,18)(H,19,20). The van der Waals surface area contributed by atoms with E-state index in [0.717, 1.165) is 5.56 Å². The van der Waals surface area contributed by atoms with Gasteiger partial charge in [0.2, 0.25) is 0 Å². The van der Waals surface area contributed by atoms with E-state index in [1.165, 1.54) is 0 Å². The van der Waals surface area contributed by atoms with Gasteiger partial charge in [-0.05, 0) is 5.56 Å². The Morgan fingerprint density at radius 3 is 2.40 bits per heavy atom. The van der Waals surface area contributed by atoms with Crippen molar-refractivity contribution < 1.29 is 4.79 Å². The van der Waals surface area contributed by atoms with Crippen LogP contribution < -0.4 is 16.9 Å². The smallest absolute Gasteiger partial charge is 0.253 e. The number of carbonyl (C=O) groups is 1. The van der Waals surface area contributed by atoms with Crippen molar-refractivity contribution in [3.8, 4) is 0 Å². The highest BCUT2D eigenvalue weighted by atomic mass is 16.2. The summed E-state index contributed by atoms with van der Waals surface area (Å²) >= 11 is 0. The van der Waals surface area contributed by atoms with E-state index in [1.54, 1.807) is 6.08 Å². The van der Waals surface area contributed by atoms with Gasteiger partial charge in [0.05, 0.1) is 11.3 Å². The molecule has 1 aromatic carbocycles. The van der Waals surface area contributed by atoms with Gasteiger partial charge in [0, 0.05) is 0 Å². The molecule has 2 heterocycles. The van der Waals surface area contributed by atoms with Gasteiger partial charge in [-0.3, -0.25) is 4.79 Å². The van der Waals surface area contributed by atoms with E-state index >= 15 is 0 Å². The molecule has 7 nitrogen and oxygen atoms in total. The molecule has 0 radical (unpaired) electrons. The third-order valence-corrected chi connectivity index (χ3v) is 3.08. The Labute approximate surface area is 114 Å². The van der Waals surface area contributed by atoms with Crippen LogP contribution in [0.1, 0.15) is 5.56 Å². The molecule has 2 aliphatic rings. The zero-order valence-electron chi connectivity index (χ0n) is 10.4. The lowest BCUT2D eigenvalue weighted by Crippen LogP contribution is -2.27. The molecule has 20 heavy (non-hydrogen) atoms. The number of amidine groups is 2. The van der Waals surface area contributed by atoms with Crippen LogP contribution in [0.5, 0.6) is 0 Å². The molecular formula is C13H12N6O. The van der Waals surface area contributed by atoms with E-state index in [9.17, 15) is 4.79 Å². The Morgan fingerprint density at radius 1 is 1.10 bits per heavy atom. The van der Waals surface area contributed by atoms with E-state index in [-0.39, 0.29) is 17.6 Å². The minimum absolute atomic E-state index is 0.203. The molecule has 0 saturated heterocycles. The molecule has 1 aromatic rings. The summed E-state index contributed by atoms with van der Waals surface area (Å²) in [4.78, 5) is 11.9. The molecule has 5 N–H and O–H groups in total. The van der Waals surface area contributed by atoms with Crippen LogP contribution in [-0.4, -0.2) is 23.3 Å². The summed E-state index contributed by atoms with van der Waals surface area (Å²) in [6.07, 6.45) is 1.64. The summed E-state index contributed by atoms with van der Waals surface area (Å²) in [6.45, 7) is 0. The number of hydrogen-bond donors (Lipinski definition) is 3. The molecular weight excluding hydrogens is 256 g/mol. The Bertz CT molecular complexity index is 666. The average molecular weight is 268 g/mol. The highest BCUT2D eigenvalue weighted by Crippen LogP contribution is 2.19. The van der Waals surface area contributed by atoms with Crippen molar-refractivity contribution >= 4 is 23.3 Å². The number of nitrogens with one attached hydrogen (secondary N) is 1. The molecule has 1 unspecified atom stereocenters. The van der Waals surface area contributed by atoms with Crippen molar-refractivity contribution in [3.63, 3.8) is 0 Å². The number of nitrogens with two attached hydrogens (primary N) is 2. The Hall–Kier alpha value is -2.96. The van der Waals surface area contributed by atoms with Crippen molar-refractivity contribution in [2.24, 2.45) is 32.7 Å². The van der Waals surface area contributed by atoms with Gasteiger partial charge in [-0.1, -0.05) is 36.4 Å². The molecule has 0 bridgehead atoms. The number of hydrazone groups is 1. The third kappa shape index (κ3) is 1.95. The number of hydrogen-bond acceptors (Lipinski definition) is 6. The molecule has 0 aliphatic carbocycles. The highest BCUT2D eigenvalue weighted by molar-refractivity contribution is 6.26. The van der Waals surface area contributed by atoms with E-state index in [0.29, 0.717) is 11.3 Å². The number of nitrogens with zero attached hydrogens (tertiary/aromatic N) is 3. The van der Waals surface area contributed by atoms with Gasteiger partial charge in [0.15, 0.2) is 11.7 Å². The quantitative estimate of drug-likeness (QED) is 0.683. The summed E-state index contributed by atoms with van der Waals surface area (Å²) in [5.41, 5.74) is 15.8. The van der Waals surface area contributed by atoms with Gasteiger partial charge in [-0.25, -0.2) is 5.43 Å². The van der Waals surface area contributed by atoms with Crippen LogP contribution in [0.4, 0.5) is 0 Å². The lowest BCUT2D eigenvalue weighted by molar-refractivity contribution is -0.121. The van der Waals surface area contributed by atoms with Crippen molar-refractivity contribution in [2.75, 3.05) is 0 Å². The Morgan fingerprint density at radius 2 is 1.75 bits per heavy atom. The first kappa shape index (κ1) is 12.1. The van der Waals surface area contributed by atoms with E-state index in [2.05, 4.69) is 20.7 Å². The van der Waals surface area contributed by atoms with Crippen LogP contribution in [0.15, 0.2) is 57.3 Å². The topological polar surface area (TPSA) is 118 Å². The lowest BCUT2D eigenvalue weighted by atomic mass is 9.94. The summed E-state index contributed by atoms with van der Waals surface area (Å²) in [5.74, 6) is -0.388. The maximum atomic E-state index is 11.9. The highest BCUT2D eigenvalue weighted by Gasteiger charge is 2.31. The van der Waals surface area contributed by atoms with Gasteiger partial charge in [-0.15, -0.1) is 10.2 Å². The molecule has 1 amide bonds. The zero-order chi connectivity index (χ0) is 14.1. The number of rotatable bonds is 2. The largest absolute Gasteiger partial charge is 0.382 e. The fourth-order valence-electron chi connectivity index (χ4n) is 2.07. The van der Waals surface area contributed by atoms with Crippen LogP contribution in [0.2, 0.25) is 0 Å². The monoisotopic (exact) mass is 268 g/mol. The molecule has 7 heteroatoms. The van der Waals surface area contributed by atoms with E-state index in [1.807, 2.05) is 30.3 Å². The summed E-state index contributed by atoms with van der Waals surface area (Å²) in [7, 11) is 0. The molecule has 2 aliphatic heterocycles. The number of amides is 1. The molecule has 1 atom stereocenters. The van der Waals surface area contributed by atoms with Crippen LogP contribution in [0, 0.1) is 5.92 Å². The molecule has 0 fully saturated rings. The molecule has 0 spiro atoms. The van der Waals surface area contributed by atoms with Gasteiger partial charge in [-0.2, -0.15) is 5.10 Å². The SMILES string of the molecule is NC1=NN=C(N)C1=CC1C(=O)NN=C1c1ccccc1. The second-order valence-electron chi connectivity index (χ2n) is 4.37. The fourth-order valence-corrected chi connectivity index (χ4v) is 2.07.